The number of piperidine rings is 1. The van der Waals surface area contributed by atoms with Gasteiger partial charge >= 0.3 is 5.97 Å². The van der Waals surface area contributed by atoms with Gasteiger partial charge in [0.15, 0.2) is 0 Å². The Morgan fingerprint density at radius 3 is 3.00 bits per heavy atom. The minimum atomic E-state index is -0.666. The number of H-pyrrole nitrogens is 1. The number of benzene rings is 1. The predicted octanol–water partition coefficient (Wildman–Crippen LogP) is 2.01. The predicted molar refractivity (Wildman–Crippen MR) is 98.4 cm³/mol. The van der Waals surface area contributed by atoms with E-state index >= 15 is 0 Å². The first-order valence-electron chi connectivity index (χ1n) is 9.59. The van der Waals surface area contributed by atoms with Crippen LogP contribution in [-0.2, 0) is 16.0 Å². The number of quaternary nitrogens is 1. The normalized spacial score (nSPS) is 28.7. The highest BCUT2D eigenvalue weighted by molar-refractivity contribution is 5.85. The molecule has 2 aromatic rings. The highest BCUT2D eigenvalue weighted by Gasteiger charge is 2.47. The van der Waals surface area contributed by atoms with Gasteiger partial charge in [-0.3, -0.25) is 4.79 Å². The molecule has 5 nitrogen and oxygen atoms in total. The van der Waals surface area contributed by atoms with E-state index in [0.29, 0.717) is 12.0 Å². The van der Waals surface area contributed by atoms with E-state index in [1.54, 1.807) is 4.90 Å². The first kappa shape index (κ1) is 17.1. The van der Waals surface area contributed by atoms with Crippen LogP contribution in [0.5, 0.6) is 0 Å². The van der Waals surface area contributed by atoms with Gasteiger partial charge < -0.3 is 14.6 Å². The first-order valence-corrected chi connectivity index (χ1v) is 9.59. The molecule has 3 heterocycles. The molecule has 2 aliphatic rings. The molecule has 4 rings (SSSR count). The fraction of sp³-hybridized carbons (Fsp3) is 0.524. The Hall–Kier alpha value is -2.32. The molecule has 1 saturated heterocycles. The standard InChI is InChI=1S/C21H25N3O2/c1-3-13-12-24-9-8-15-14-6-4-5-7-18(14)23-20(15)19(24)10-16(13)17(11-22)21(25)26-2/h4-7,13,16-17,19,23H,3,8-10,12H2,1-2H3/p+1/t13-,16+,17?,19?/m1/s1. The van der Waals surface area contributed by atoms with E-state index in [2.05, 4.69) is 42.2 Å². The van der Waals surface area contributed by atoms with Crippen LogP contribution >= 0.6 is 0 Å². The molecular weight excluding hydrogens is 326 g/mol. The van der Waals surface area contributed by atoms with Crippen molar-refractivity contribution in [1.82, 2.24) is 4.98 Å². The molecule has 0 bridgehead atoms. The van der Waals surface area contributed by atoms with Crippen molar-refractivity contribution < 1.29 is 14.4 Å². The van der Waals surface area contributed by atoms with Crippen LogP contribution in [-0.4, -0.2) is 31.2 Å². The van der Waals surface area contributed by atoms with E-state index in [9.17, 15) is 10.1 Å². The van der Waals surface area contributed by atoms with Crippen molar-refractivity contribution in [2.75, 3.05) is 20.2 Å². The SMILES string of the molecule is CC[C@@H]1C[NH+]2CCc3c([nH]c4ccccc34)C2C[C@@H]1C(C#N)C(=O)OC. The molecule has 2 aliphatic heterocycles. The molecule has 1 aromatic heterocycles. The summed E-state index contributed by atoms with van der Waals surface area (Å²) in [6.07, 6.45) is 2.95. The molecule has 0 spiro atoms. The molecule has 0 amide bonds. The fourth-order valence-corrected chi connectivity index (χ4v) is 5.24. The Kier molecular flexibility index (Phi) is 4.46. The van der Waals surface area contributed by atoms with Crippen LogP contribution in [0, 0.1) is 29.1 Å². The molecular formula is C21H26N3O2+. The van der Waals surface area contributed by atoms with E-state index in [-0.39, 0.29) is 11.9 Å². The average molecular weight is 352 g/mol. The molecule has 136 valence electrons. The van der Waals surface area contributed by atoms with Crippen LogP contribution in [0.15, 0.2) is 24.3 Å². The van der Waals surface area contributed by atoms with Crippen molar-refractivity contribution in [3.63, 3.8) is 0 Å². The maximum Gasteiger partial charge on any atom is 0.323 e. The number of rotatable bonds is 3. The highest BCUT2D eigenvalue weighted by Crippen LogP contribution is 2.38. The number of aromatic nitrogens is 1. The molecule has 1 aromatic carbocycles. The third kappa shape index (κ3) is 2.60. The van der Waals surface area contributed by atoms with Gasteiger partial charge in [-0.15, -0.1) is 0 Å². The van der Waals surface area contributed by atoms with Crippen molar-refractivity contribution in [3.8, 4) is 6.07 Å². The third-order valence-electron chi connectivity index (χ3n) is 6.57. The molecule has 5 heteroatoms. The number of para-hydroxylation sites is 1. The molecule has 5 atom stereocenters. The number of nitriles is 1. The van der Waals surface area contributed by atoms with Crippen LogP contribution in [0.25, 0.3) is 10.9 Å². The minimum absolute atomic E-state index is 0.0589. The second-order valence-corrected chi connectivity index (χ2v) is 7.68. The molecule has 0 radical (unpaired) electrons. The van der Waals surface area contributed by atoms with Gasteiger partial charge in [0.05, 0.1) is 32.0 Å². The zero-order valence-corrected chi connectivity index (χ0v) is 15.4. The first-order chi connectivity index (χ1) is 12.7. The zero-order valence-electron chi connectivity index (χ0n) is 15.4. The fourth-order valence-electron chi connectivity index (χ4n) is 5.24. The Balaban J connectivity index is 1.72. The number of hydrogen-bond acceptors (Lipinski definition) is 3. The number of esters is 1. The van der Waals surface area contributed by atoms with Gasteiger partial charge in [-0.25, -0.2) is 0 Å². The Labute approximate surface area is 153 Å². The second kappa shape index (κ2) is 6.77. The Morgan fingerprint density at radius 1 is 1.46 bits per heavy atom. The van der Waals surface area contributed by atoms with Gasteiger partial charge in [0.1, 0.15) is 12.0 Å². The summed E-state index contributed by atoms with van der Waals surface area (Å²) in [5.74, 6) is -0.604. The summed E-state index contributed by atoms with van der Waals surface area (Å²) in [6.45, 7) is 4.31. The quantitative estimate of drug-likeness (QED) is 0.830. The van der Waals surface area contributed by atoms with Gasteiger partial charge in [-0.1, -0.05) is 25.1 Å². The summed E-state index contributed by atoms with van der Waals surface area (Å²) in [5, 5.41) is 11.0. The van der Waals surface area contributed by atoms with E-state index < -0.39 is 5.92 Å². The summed E-state index contributed by atoms with van der Waals surface area (Å²) in [6, 6.07) is 11.1. The van der Waals surface area contributed by atoms with Crippen molar-refractivity contribution >= 4 is 16.9 Å². The lowest BCUT2D eigenvalue weighted by Crippen LogP contribution is -3.15. The zero-order chi connectivity index (χ0) is 18.3. The summed E-state index contributed by atoms with van der Waals surface area (Å²) in [7, 11) is 1.38. The summed E-state index contributed by atoms with van der Waals surface area (Å²) >= 11 is 0. The van der Waals surface area contributed by atoms with Crippen LogP contribution in [0.1, 0.15) is 37.1 Å². The van der Waals surface area contributed by atoms with E-state index in [0.717, 1.165) is 32.4 Å². The maximum atomic E-state index is 12.2. The molecule has 3 unspecified atom stereocenters. The van der Waals surface area contributed by atoms with E-state index in [1.165, 1.54) is 29.3 Å². The minimum Gasteiger partial charge on any atom is -0.468 e. The smallest absolute Gasteiger partial charge is 0.323 e. The van der Waals surface area contributed by atoms with Crippen molar-refractivity contribution in [3.05, 3.63) is 35.5 Å². The average Bonchev–Trinajstić information content (AvgIpc) is 3.07. The topological polar surface area (TPSA) is 70.3 Å². The number of nitrogens with one attached hydrogen (secondary N) is 2. The van der Waals surface area contributed by atoms with Gasteiger partial charge in [0.2, 0.25) is 0 Å². The monoisotopic (exact) mass is 352 g/mol. The number of methoxy groups -OCH3 is 1. The Morgan fingerprint density at radius 2 is 2.27 bits per heavy atom. The van der Waals surface area contributed by atoms with Crippen molar-refractivity contribution in [2.24, 2.45) is 17.8 Å². The summed E-state index contributed by atoms with van der Waals surface area (Å²) in [4.78, 5) is 17.4. The lowest BCUT2D eigenvalue weighted by Gasteiger charge is -2.44. The van der Waals surface area contributed by atoms with Crippen LogP contribution in [0.2, 0.25) is 0 Å². The molecule has 26 heavy (non-hydrogen) atoms. The lowest BCUT2D eigenvalue weighted by atomic mass is 9.71. The second-order valence-electron chi connectivity index (χ2n) is 7.68. The number of aromatic amines is 1. The largest absolute Gasteiger partial charge is 0.468 e. The molecule has 2 N–H and O–H groups in total. The molecule has 0 saturated carbocycles. The maximum absolute atomic E-state index is 12.2. The number of ether oxygens (including phenoxy) is 1. The molecule has 0 aliphatic carbocycles. The van der Waals surface area contributed by atoms with Crippen LogP contribution in [0.3, 0.4) is 0 Å². The van der Waals surface area contributed by atoms with Gasteiger partial charge in [-0.2, -0.15) is 5.26 Å². The van der Waals surface area contributed by atoms with Crippen molar-refractivity contribution in [2.45, 2.75) is 32.2 Å². The van der Waals surface area contributed by atoms with Gasteiger partial charge in [0, 0.05) is 29.7 Å². The Bertz CT molecular complexity index is 866. The number of nitrogens with zero attached hydrogens (tertiary/aromatic N) is 1. The molecule has 1 fully saturated rings. The van der Waals surface area contributed by atoms with Crippen molar-refractivity contribution in [1.29, 1.82) is 5.26 Å². The van der Waals surface area contributed by atoms with Gasteiger partial charge in [-0.05, 0) is 24.0 Å². The van der Waals surface area contributed by atoms with E-state index in [1.807, 2.05) is 0 Å². The third-order valence-corrected chi connectivity index (χ3v) is 6.57. The lowest BCUT2D eigenvalue weighted by molar-refractivity contribution is -0.944. The summed E-state index contributed by atoms with van der Waals surface area (Å²) in [5.41, 5.74) is 3.93. The van der Waals surface area contributed by atoms with E-state index in [4.69, 9.17) is 4.74 Å². The number of fused-ring (bicyclic) bond motifs is 5. The number of carbonyl (C=O) groups excluding carboxylic acids is 1. The van der Waals surface area contributed by atoms with Gasteiger partial charge in [0.25, 0.3) is 0 Å². The van der Waals surface area contributed by atoms with Crippen LogP contribution in [0.4, 0.5) is 0 Å². The summed E-state index contributed by atoms with van der Waals surface area (Å²) < 4.78 is 4.93. The van der Waals surface area contributed by atoms with Crippen LogP contribution < -0.4 is 4.90 Å². The number of carbonyl (C=O) groups is 1. The number of hydrogen-bond donors (Lipinski definition) is 2. The highest BCUT2D eigenvalue weighted by atomic mass is 16.5.